The van der Waals surface area contributed by atoms with Crippen LogP contribution in [-0.4, -0.2) is 37.1 Å². The minimum absolute atomic E-state index is 0.742. The van der Waals surface area contributed by atoms with E-state index in [1.54, 1.807) is 0 Å². The number of hydrogen-bond donors (Lipinski definition) is 1. The van der Waals surface area contributed by atoms with Gasteiger partial charge in [0.05, 0.1) is 0 Å². The molecule has 1 saturated heterocycles. The highest BCUT2D eigenvalue weighted by Crippen LogP contribution is 2.15. The van der Waals surface area contributed by atoms with Gasteiger partial charge in [-0.05, 0) is 25.9 Å². The highest BCUT2D eigenvalue weighted by Gasteiger charge is 2.20. The zero-order chi connectivity index (χ0) is 9.52. The average Bonchev–Trinajstić information content (AvgIpc) is 2.17. The number of likely N-dealkylation sites (tertiary alicyclic amines) is 1. The molecule has 13 heavy (non-hydrogen) atoms. The van der Waals surface area contributed by atoms with E-state index < -0.39 is 0 Å². The van der Waals surface area contributed by atoms with E-state index >= 15 is 0 Å². The Labute approximate surface area is 82.0 Å². The Morgan fingerprint density at radius 2 is 2.38 bits per heavy atom. The van der Waals surface area contributed by atoms with Gasteiger partial charge in [0.25, 0.3) is 0 Å². The van der Waals surface area contributed by atoms with E-state index in [0.717, 1.165) is 25.7 Å². The van der Waals surface area contributed by atoms with E-state index in [9.17, 15) is 0 Å². The van der Waals surface area contributed by atoms with Crippen LogP contribution >= 0.6 is 0 Å². The number of piperidine rings is 1. The van der Waals surface area contributed by atoms with Gasteiger partial charge in [0, 0.05) is 19.1 Å². The van der Waals surface area contributed by atoms with E-state index in [-0.39, 0.29) is 0 Å². The summed E-state index contributed by atoms with van der Waals surface area (Å²) >= 11 is 0. The van der Waals surface area contributed by atoms with Crippen LogP contribution in [0.3, 0.4) is 0 Å². The maximum atomic E-state index is 3.81. The lowest BCUT2D eigenvalue weighted by molar-refractivity contribution is 0.162. The third-order valence-corrected chi connectivity index (χ3v) is 2.74. The lowest BCUT2D eigenvalue weighted by atomic mass is 10.0. The van der Waals surface area contributed by atoms with Crippen LogP contribution in [0, 0.1) is 0 Å². The summed E-state index contributed by atoms with van der Waals surface area (Å²) in [5, 5.41) is 3.43. The third-order valence-electron chi connectivity index (χ3n) is 2.74. The molecule has 1 heterocycles. The van der Waals surface area contributed by atoms with Gasteiger partial charge >= 0.3 is 0 Å². The van der Waals surface area contributed by atoms with Crippen LogP contribution in [0.2, 0.25) is 0 Å². The fraction of sp³-hybridized carbons (Fsp3) is 0.818. The molecule has 0 aromatic rings. The van der Waals surface area contributed by atoms with E-state index in [1.807, 2.05) is 6.08 Å². The van der Waals surface area contributed by atoms with E-state index in [2.05, 4.69) is 23.7 Å². The number of rotatable bonds is 5. The molecular formula is C11H22N2. The zero-order valence-corrected chi connectivity index (χ0v) is 8.76. The van der Waals surface area contributed by atoms with Crippen molar-refractivity contribution in [2.24, 2.45) is 0 Å². The lowest BCUT2D eigenvalue weighted by Gasteiger charge is -2.35. The fourth-order valence-corrected chi connectivity index (χ4v) is 2.01. The SMILES string of the molecule is C=CCN1CCCCC1CNCC. The van der Waals surface area contributed by atoms with Crippen LogP contribution in [0.1, 0.15) is 26.2 Å². The summed E-state index contributed by atoms with van der Waals surface area (Å²) in [6.45, 7) is 10.5. The van der Waals surface area contributed by atoms with Gasteiger partial charge in [0.2, 0.25) is 0 Å². The Balaban J connectivity index is 2.32. The summed E-state index contributed by atoms with van der Waals surface area (Å²) in [5.41, 5.74) is 0. The third kappa shape index (κ3) is 3.49. The summed E-state index contributed by atoms with van der Waals surface area (Å²) in [6, 6.07) is 0.742. The largest absolute Gasteiger partial charge is 0.315 e. The van der Waals surface area contributed by atoms with Crippen molar-refractivity contribution < 1.29 is 0 Å². The number of likely N-dealkylation sites (N-methyl/N-ethyl adjacent to an activating group) is 1. The molecule has 1 unspecified atom stereocenters. The minimum atomic E-state index is 0.742. The van der Waals surface area contributed by atoms with Gasteiger partial charge in [-0.25, -0.2) is 0 Å². The molecule has 1 aliphatic heterocycles. The molecule has 0 aliphatic carbocycles. The summed E-state index contributed by atoms with van der Waals surface area (Å²) in [4.78, 5) is 2.54. The maximum Gasteiger partial charge on any atom is 0.0223 e. The molecule has 2 nitrogen and oxygen atoms in total. The molecule has 0 aromatic heterocycles. The van der Waals surface area contributed by atoms with Gasteiger partial charge < -0.3 is 5.32 Å². The number of hydrogen-bond acceptors (Lipinski definition) is 2. The quantitative estimate of drug-likeness (QED) is 0.650. The van der Waals surface area contributed by atoms with Crippen molar-refractivity contribution in [3.8, 4) is 0 Å². The normalized spacial score (nSPS) is 24.5. The molecule has 1 rings (SSSR count). The van der Waals surface area contributed by atoms with Crippen LogP contribution in [0.15, 0.2) is 12.7 Å². The van der Waals surface area contributed by atoms with Gasteiger partial charge in [-0.3, -0.25) is 4.90 Å². The first kappa shape index (κ1) is 10.7. The Kier molecular flexibility index (Phi) is 5.09. The summed E-state index contributed by atoms with van der Waals surface area (Å²) in [6.07, 6.45) is 6.12. The zero-order valence-electron chi connectivity index (χ0n) is 8.76. The monoisotopic (exact) mass is 182 g/mol. The minimum Gasteiger partial charge on any atom is -0.315 e. The van der Waals surface area contributed by atoms with Gasteiger partial charge in [-0.2, -0.15) is 0 Å². The molecule has 0 amide bonds. The van der Waals surface area contributed by atoms with Gasteiger partial charge in [-0.1, -0.05) is 19.4 Å². The van der Waals surface area contributed by atoms with Gasteiger partial charge in [0.1, 0.15) is 0 Å². The highest BCUT2D eigenvalue weighted by atomic mass is 15.2. The first-order chi connectivity index (χ1) is 6.38. The molecule has 1 N–H and O–H groups in total. The summed E-state index contributed by atoms with van der Waals surface area (Å²) in [7, 11) is 0. The van der Waals surface area contributed by atoms with E-state index in [0.29, 0.717) is 0 Å². The van der Waals surface area contributed by atoms with Crippen molar-refractivity contribution in [1.29, 1.82) is 0 Å². The number of nitrogens with one attached hydrogen (secondary N) is 1. The lowest BCUT2D eigenvalue weighted by Crippen LogP contribution is -2.45. The standard InChI is InChI=1S/C11H22N2/c1-3-8-13-9-6-5-7-11(13)10-12-4-2/h3,11-12H,1,4-10H2,2H3. The van der Waals surface area contributed by atoms with E-state index in [1.165, 1.54) is 25.8 Å². The predicted molar refractivity (Wildman–Crippen MR) is 58.0 cm³/mol. The first-order valence-corrected chi connectivity index (χ1v) is 5.44. The van der Waals surface area contributed by atoms with Crippen molar-refractivity contribution in [1.82, 2.24) is 10.2 Å². The van der Waals surface area contributed by atoms with Crippen LogP contribution in [0.4, 0.5) is 0 Å². The molecule has 0 bridgehead atoms. The predicted octanol–water partition coefficient (Wildman–Crippen LogP) is 1.64. The molecule has 0 spiro atoms. The first-order valence-electron chi connectivity index (χ1n) is 5.44. The highest BCUT2D eigenvalue weighted by molar-refractivity contribution is 4.83. The Bertz CT molecular complexity index is 145. The maximum absolute atomic E-state index is 3.81. The van der Waals surface area contributed by atoms with Gasteiger partial charge in [-0.15, -0.1) is 6.58 Å². The molecule has 1 fully saturated rings. The van der Waals surface area contributed by atoms with Crippen LogP contribution in [0.25, 0.3) is 0 Å². The smallest absolute Gasteiger partial charge is 0.0223 e. The molecular weight excluding hydrogens is 160 g/mol. The fourth-order valence-electron chi connectivity index (χ4n) is 2.01. The molecule has 0 saturated carbocycles. The second-order valence-corrected chi connectivity index (χ2v) is 3.74. The summed E-state index contributed by atoms with van der Waals surface area (Å²) < 4.78 is 0. The second kappa shape index (κ2) is 6.17. The van der Waals surface area contributed by atoms with Crippen molar-refractivity contribution in [3.63, 3.8) is 0 Å². The second-order valence-electron chi connectivity index (χ2n) is 3.74. The summed E-state index contributed by atoms with van der Waals surface area (Å²) in [5.74, 6) is 0. The molecule has 76 valence electrons. The number of nitrogens with zero attached hydrogens (tertiary/aromatic N) is 1. The van der Waals surface area contributed by atoms with Crippen molar-refractivity contribution >= 4 is 0 Å². The van der Waals surface area contributed by atoms with Crippen molar-refractivity contribution in [2.75, 3.05) is 26.2 Å². The molecule has 0 aromatic carbocycles. The van der Waals surface area contributed by atoms with Crippen LogP contribution in [-0.2, 0) is 0 Å². The Morgan fingerprint density at radius 3 is 3.08 bits per heavy atom. The Hall–Kier alpha value is -0.340. The van der Waals surface area contributed by atoms with Gasteiger partial charge in [0.15, 0.2) is 0 Å². The van der Waals surface area contributed by atoms with Crippen LogP contribution in [0.5, 0.6) is 0 Å². The Morgan fingerprint density at radius 1 is 1.54 bits per heavy atom. The van der Waals surface area contributed by atoms with E-state index in [4.69, 9.17) is 0 Å². The topological polar surface area (TPSA) is 15.3 Å². The molecule has 0 radical (unpaired) electrons. The molecule has 1 aliphatic rings. The average molecular weight is 182 g/mol. The van der Waals surface area contributed by atoms with Crippen molar-refractivity contribution in [2.45, 2.75) is 32.2 Å². The molecule has 2 heteroatoms. The van der Waals surface area contributed by atoms with Crippen LogP contribution < -0.4 is 5.32 Å². The molecule has 1 atom stereocenters. The van der Waals surface area contributed by atoms with Crippen molar-refractivity contribution in [3.05, 3.63) is 12.7 Å².